The lowest BCUT2D eigenvalue weighted by Crippen LogP contribution is -2.27. The first-order valence-electron chi connectivity index (χ1n) is 8.86. The number of hydrogen-bond acceptors (Lipinski definition) is 7. The molecule has 8 heteroatoms. The van der Waals surface area contributed by atoms with E-state index < -0.39 is 19.2 Å². The van der Waals surface area contributed by atoms with Crippen LogP contribution in [0.5, 0.6) is 0 Å². The van der Waals surface area contributed by atoms with E-state index in [1.54, 1.807) is 20.8 Å². The highest BCUT2D eigenvalue weighted by Crippen LogP contribution is 2.55. The molecule has 0 spiro atoms. The van der Waals surface area contributed by atoms with Crippen LogP contribution < -0.4 is 0 Å². The molecule has 0 saturated carbocycles. The van der Waals surface area contributed by atoms with Crippen LogP contribution in [0, 0.1) is 0 Å². The number of hydrogen-bond donors (Lipinski definition) is 0. The van der Waals surface area contributed by atoms with E-state index in [9.17, 15) is 9.36 Å². The fourth-order valence-electron chi connectivity index (χ4n) is 2.55. The third kappa shape index (κ3) is 7.19. The Balaban J connectivity index is 2.57. The number of carbonyl (C=O) groups excluding carboxylic acids is 1. The Kier molecular flexibility index (Phi) is 10.8. The van der Waals surface area contributed by atoms with Gasteiger partial charge >= 0.3 is 13.6 Å². The maximum Gasteiger partial charge on any atom is 0.344 e. The molecule has 0 aliphatic carbocycles. The summed E-state index contributed by atoms with van der Waals surface area (Å²) in [5.74, 6) is -0.545. The predicted octanol–water partition coefficient (Wildman–Crippen LogP) is 3.51. The molecule has 1 heterocycles. The van der Waals surface area contributed by atoms with Gasteiger partial charge in [0.1, 0.15) is 0 Å². The van der Waals surface area contributed by atoms with Gasteiger partial charge in [-0.1, -0.05) is 0 Å². The molecule has 0 aromatic rings. The highest BCUT2D eigenvalue weighted by atomic mass is 31.2. The van der Waals surface area contributed by atoms with Crippen LogP contribution in [0.2, 0.25) is 0 Å². The quantitative estimate of drug-likeness (QED) is 0.297. The standard InChI is InChI=1S/C16H31O7P/c1-4-19-16(17)14(24(18,22-5-2)23-6-3)10-9-13-21-15-11-7-8-12-20-15/h14-15H,4-13H2,1-3H3. The van der Waals surface area contributed by atoms with Gasteiger partial charge in [-0.05, 0) is 52.9 Å². The van der Waals surface area contributed by atoms with Crippen molar-refractivity contribution in [3.8, 4) is 0 Å². The maximum atomic E-state index is 12.9. The number of carbonyl (C=O) groups is 1. The molecule has 2 unspecified atom stereocenters. The van der Waals surface area contributed by atoms with E-state index in [1.807, 2.05) is 0 Å². The Morgan fingerprint density at radius 1 is 1.17 bits per heavy atom. The van der Waals surface area contributed by atoms with Gasteiger partial charge in [0, 0.05) is 13.2 Å². The van der Waals surface area contributed by atoms with Crippen LogP contribution in [0.4, 0.5) is 0 Å². The molecule has 0 N–H and O–H groups in total. The zero-order chi connectivity index (χ0) is 17.8. The Bertz CT molecular complexity index is 386. The van der Waals surface area contributed by atoms with E-state index in [-0.39, 0.29) is 26.1 Å². The lowest BCUT2D eigenvalue weighted by atomic mass is 10.2. The van der Waals surface area contributed by atoms with Crippen molar-refractivity contribution in [2.75, 3.05) is 33.0 Å². The van der Waals surface area contributed by atoms with Crippen LogP contribution >= 0.6 is 7.60 Å². The first-order chi connectivity index (χ1) is 11.6. The summed E-state index contributed by atoms with van der Waals surface area (Å²) in [6, 6.07) is 0. The van der Waals surface area contributed by atoms with Crippen molar-refractivity contribution in [3.63, 3.8) is 0 Å². The van der Waals surface area contributed by atoms with Crippen molar-refractivity contribution in [3.05, 3.63) is 0 Å². The summed E-state index contributed by atoms with van der Waals surface area (Å²) in [6.45, 7) is 6.94. The molecular weight excluding hydrogens is 335 g/mol. The number of rotatable bonds is 12. The lowest BCUT2D eigenvalue weighted by molar-refractivity contribution is -0.163. The summed E-state index contributed by atoms with van der Waals surface area (Å²) < 4.78 is 39.8. The van der Waals surface area contributed by atoms with Crippen LogP contribution in [0.1, 0.15) is 52.9 Å². The van der Waals surface area contributed by atoms with E-state index in [2.05, 4.69) is 0 Å². The summed E-state index contributed by atoms with van der Waals surface area (Å²) in [5.41, 5.74) is -0.923. The second-order valence-corrected chi connectivity index (χ2v) is 7.67. The monoisotopic (exact) mass is 366 g/mol. The van der Waals surface area contributed by atoms with Crippen molar-refractivity contribution in [2.45, 2.75) is 64.8 Å². The minimum absolute atomic E-state index is 0.176. The smallest absolute Gasteiger partial charge is 0.344 e. The molecule has 1 rings (SSSR count). The summed E-state index contributed by atoms with van der Waals surface area (Å²) in [7, 11) is -3.55. The van der Waals surface area contributed by atoms with Crippen LogP contribution in [0.3, 0.4) is 0 Å². The molecule has 142 valence electrons. The van der Waals surface area contributed by atoms with E-state index in [0.717, 1.165) is 25.9 Å². The second-order valence-electron chi connectivity index (χ2n) is 5.45. The molecular formula is C16H31O7P. The average molecular weight is 366 g/mol. The van der Waals surface area contributed by atoms with Gasteiger partial charge in [0.2, 0.25) is 0 Å². The average Bonchev–Trinajstić information content (AvgIpc) is 2.56. The van der Waals surface area contributed by atoms with Gasteiger partial charge in [0.05, 0.1) is 19.8 Å². The van der Waals surface area contributed by atoms with Crippen LogP contribution in [-0.2, 0) is 32.6 Å². The topological polar surface area (TPSA) is 80.3 Å². The van der Waals surface area contributed by atoms with E-state index in [0.29, 0.717) is 19.4 Å². The van der Waals surface area contributed by atoms with Crippen molar-refractivity contribution >= 4 is 13.6 Å². The predicted molar refractivity (Wildman–Crippen MR) is 90.1 cm³/mol. The van der Waals surface area contributed by atoms with Gasteiger partial charge in [0.15, 0.2) is 11.9 Å². The normalized spacial score (nSPS) is 19.9. The SMILES string of the molecule is CCOC(=O)C(CCCOC1CCCCO1)P(=O)(OCC)OCC. The summed E-state index contributed by atoms with van der Waals surface area (Å²) in [4.78, 5) is 12.2. The third-order valence-corrected chi connectivity index (χ3v) is 6.09. The van der Waals surface area contributed by atoms with E-state index in [1.165, 1.54) is 0 Å². The Morgan fingerprint density at radius 3 is 2.42 bits per heavy atom. The zero-order valence-corrected chi connectivity index (χ0v) is 15.9. The van der Waals surface area contributed by atoms with Crippen molar-refractivity contribution in [2.24, 2.45) is 0 Å². The van der Waals surface area contributed by atoms with Gasteiger partial charge < -0.3 is 23.3 Å². The fourth-order valence-corrected chi connectivity index (χ4v) is 4.54. The van der Waals surface area contributed by atoms with E-state index >= 15 is 0 Å². The molecule has 1 aliphatic rings. The second kappa shape index (κ2) is 12.0. The Morgan fingerprint density at radius 2 is 1.88 bits per heavy atom. The summed E-state index contributed by atoms with van der Waals surface area (Å²) >= 11 is 0. The molecule has 7 nitrogen and oxygen atoms in total. The Hall–Kier alpha value is -0.460. The lowest BCUT2D eigenvalue weighted by Gasteiger charge is -2.25. The number of esters is 1. The number of ether oxygens (including phenoxy) is 3. The minimum Gasteiger partial charge on any atom is -0.465 e. The molecule has 0 aromatic heterocycles. The van der Waals surface area contributed by atoms with Gasteiger partial charge in [-0.2, -0.15) is 0 Å². The van der Waals surface area contributed by atoms with Crippen LogP contribution in [-0.4, -0.2) is 51.0 Å². The Labute approximate surface area is 144 Å². The first-order valence-corrected chi connectivity index (χ1v) is 10.5. The van der Waals surface area contributed by atoms with Gasteiger partial charge in [0.25, 0.3) is 0 Å². The van der Waals surface area contributed by atoms with Crippen LogP contribution in [0.15, 0.2) is 0 Å². The molecule has 1 fully saturated rings. The highest BCUT2D eigenvalue weighted by Gasteiger charge is 2.41. The van der Waals surface area contributed by atoms with Crippen molar-refractivity contribution < 1.29 is 32.6 Å². The van der Waals surface area contributed by atoms with Gasteiger partial charge in [-0.3, -0.25) is 9.36 Å². The summed E-state index contributed by atoms with van der Waals surface area (Å²) in [5, 5.41) is 0. The molecule has 24 heavy (non-hydrogen) atoms. The largest absolute Gasteiger partial charge is 0.465 e. The maximum absolute atomic E-state index is 12.9. The molecule has 0 bridgehead atoms. The van der Waals surface area contributed by atoms with Gasteiger partial charge in [-0.25, -0.2) is 0 Å². The van der Waals surface area contributed by atoms with Crippen LogP contribution in [0.25, 0.3) is 0 Å². The summed E-state index contributed by atoms with van der Waals surface area (Å²) in [6.07, 6.45) is 3.75. The van der Waals surface area contributed by atoms with E-state index in [4.69, 9.17) is 23.3 Å². The molecule has 1 aliphatic heterocycles. The molecule has 2 atom stereocenters. The molecule has 0 radical (unpaired) electrons. The van der Waals surface area contributed by atoms with Crippen molar-refractivity contribution in [1.82, 2.24) is 0 Å². The molecule has 1 saturated heterocycles. The third-order valence-electron chi connectivity index (χ3n) is 3.62. The zero-order valence-electron chi connectivity index (χ0n) is 15.0. The fraction of sp³-hybridized carbons (Fsp3) is 0.938. The molecule has 0 aromatic carbocycles. The minimum atomic E-state index is -3.55. The van der Waals surface area contributed by atoms with Gasteiger partial charge in [-0.15, -0.1) is 0 Å². The van der Waals surface area contributed by atoms with Crippen molar-refractivity contribution in [1.29, 1.82) is 0 Å². The highest BCUT2D eigenvalue weighted by molar-refractivity contribution is 7.55. The molecule has 0 amide bonds. The first kappa shape index (κ1) is 21.6.